The lowest BCUT2D eigenvalue weighted by Gasteiger charge is -2.06. The molecule has 0 saturated heterocycles. The summed E-state index contributed by atoms with van der Waals surface area (Å²) in [6, 6.07) is 16.8. The van der Waals surface area contributed by atoms with Crippen LogP contribution >= 0.6 is 0 Å². The van der Waals surface area contributed by atoms with E-state index in [-0.39, 0.29) is 0 Å². The van der Waals surface area contributed by atoms with Crippen molar-refractivity contribution in [2.75, 3.05) is 0 Å². The van der Waals surface area contributed by atoms with Crippen LogP contribution in [0.15, 0.2) is 53.1 Å². The Bertz CT molecular complexity index is 1210. The fraction of sp³-hybridized carbons (Fsp3) is 0.250. The van der Waals surface area contributed by atoms with E-state index in [0.717, 1.165) is 45.2 Å². The number of benzene rings is 2. The van der Waals surface area contributed by atoms with Crippen LogP contribution in [0.3, 0.4) is 0 Å². The summed E-state index contributed by atoms with van der Waals surface area (Å²) in [5.74, 6) is 0.523. The molecule has 0 fully saturated rings. The first-order valence-electron chi connectivity index (χ1n) is 9.33. The molecule has 4 rings (SSSR count). The number of hydrogen-bond donors (Lipinski definition) is 0. The minimum Gasteiger partial charge on any atom is -0.456 e. The largest absolute Gasteiger partial charge is 0.456 e. The Morgan fingerprint density at radius 1 is 1.15 bits per heavy atom. The van der Waals surface area contributed by atoms with Gasteiger partial charge in [0, 0.05) is 28.5 Å². The highest BCUT2D eigenvalue weighted by atomic mass is 16.3. The second-order valence-corrected chi connectivity index (χ2v) is 7.65. The van der Waals surface area contributed by atoms with E-state index < -0.39 is 0 Å². The van der Waals surface area contributed by atoms with E-state index in [1.165, 1.54) is 5.56 Å². The zero-order valence-corrected chi connectivity index (χ0v) is 16.2. The first kappa shape index (κ1) is 17.3. The van der Waals surface area contributed by atoms with Gasteiger partial charge in [-0.1, -0.05) is 19.9 Å². The monoisotopic (exact) mass is 355 g/mol. The number of nitrogens with zero attached hydrogens (tertiary/aromatic N) is 2. The Morgan fingerprint density at radius 3 is 2.67 bits per heavy atom. The molecular formula is C24H23N2O+. The molecule has 0 N–H and O–H groups in total. The number of fused-ring (bicyclic) bond motifs is 3. The highest BCUT2D eigenvalue weighted by Gasteiger charge is 2.19. The van der Waals surface area contributed by atoms with Crippen LogP contribution < -0.4 is 4.57 Å². The summed E-state index contributed by atoms with van der Waals surface area (Å²) in [6.07, 6.45) is 2.98. The van der Waals surface area contributed by atoms with Crippen LogP contribution in [0.25, 0.3) is 33.2 Å². The smallest absolute Gasteiger partial charge is 0.212 e. The van der Waals surface area contributed by atoms with Gasteiger partial charge in [0.2, 0.25) is 5.69 Å². The van der Waals surface area contributed by atoms with E-state index >= 15 is 0 Å². The number of hydrogen-bond acceptors (Lipinski definition) is 2. The minimum absolute atomic E-state index is 0.523. The predicted octanol–water partition coefficient (Wildman–Crippen LogP) is 5.46. The third-order valence-corrected chi connectivity index (χ3v) is 5.13. The molecule has 0 aliphatic heterocycles. The number of aryl methyl sites for hydroxylation is 2. The van der Waals surface area contributed by atoms with E-state index in [1.54, 1.807) is 0 Å². The van der Waals surface area contributed by atoms with Crippen molar-refractivity contribution in [2.45, 2.75) is 27.2 Å². The SMILES string of the molecule is Cc1cc2oc3c(CC(C)C)ccc(C#N)c3c2cc1-c1cccc[n+]1C. The molecule has 0 radical (unpaired) electrons. The van der Waals surface area contributed by atoms with Crippen molar-refractivity contribution >= 4 is 21.9 Å². The zero-order chi connectivity index (χ0) is 19.1. The van der Waals surface area contributed by atoms with Crippen molar-refractivity contribution in [2.24, 2.45) is 13.0 Å². The standard InChI is InChI=1S/C24H23N2O/c1-15(2)11-17-8-9-18(14-25)23-20-13-19(21-7-5-6-10-26(21)4)16(3)12-22(20)27-24(17)23/h5-10,12-13,15H,11H2,1-4H3/q+1. The predicted molar refractivity (Wildman–Crippen MR) is 108 cm³/mol. The van der Waals surface area contributed by atoms with Gasteiger partial charge in [-0.05, 0) is 54.7 Å². The lowest BCUT2D eigenvalue weighted by molar-refractivity contribution is -0.660. The summed E-state index contributed by atoms with van der Waals surface area (Å²) in [6.45, 7) is 6.50. The van der Waals surface area contributed by atoms with Crippen LogP contribution in [0.4, 0.5) is 0 Å². The highest BCUT2D eigenvalue weighted by molar-refractivity contribution is 6.10. The summed E-state index contributed by atoms with van der Waals surface area (Å²) >= 11 is 0. The molecule has 0 atom stereocenters. The van der Waals surface area contributed by atoms with Crippen molar-refractivity contribution in [3.05, 3.63) is 65.4 Å². The zero-order valence-electron chi connectivity index (χ0n) is 16.2. The van der Waals surface area contributed by atoms with E-state index in [1.807, 2.05) is 37.5 Å². The Labute approximate surface area is 159 Å². The maximum atomic E-state index is 9.68. The molecule has 0 aliphatic rings. The second kappa shape index (κ2) is 6.55. The number of pyridine rings is 1. The highest BCUT2D eigenvalue weighted by Crippen LogP contribution is 2.37. The fourth-order valence-corrected chi connectivity index (χ4v) is 3.85. The van der Waals surface area contributed by atoms with Gasteiger partial charge in [-0.3, -0.25) is 0 Å². The van der Waals surface area contributed by atoms with Crippen LogP contribution in [0.1, 0.15) is 30.5 Å². The summed E-state index contributed by atoms with van der Waals surface area (Å²) in [7, 11) is 2.05. The molecule has 4 aromatic rings. The average molecular weight is 355 g/mol. The van der Waals surface area contributed by atoms with Gasteiger partial charge in [-0.25, -0.2) is 4.57 Å². The van der Waals surface area contributed by atoms with Crippen LogP contribution in [0.5, 0.6) is 0 Å². The van der Waals surface area contributed by atoms with E-state index in [9.17, 15) is 5.26 Å². The summed E-state index contributed by atoms with van der Waals surface area (Å²) < 4.78 is 8.39. The van der Waals surface area contributed by atoms with Gasteiger partial charge in [0.25, 0.3) is 0 Å². The molecule has 3 nitrogen and oxygen atoms in total. The van der Waals surface area contributed by atoms with Crippen molar-refractivity contribution in [1.82, 2.24) is 0 Å². The number of rotatable bonds is 3. The van der Waals surface area contributed by atoms with Gasteiger partial charge in [-0.15, -0.1) is 0 Å². The van der Waals surface area contributed by atoms with E-state index in [4.69, 9.17) is 4.42 Å². The fourth-order valence-electron chi connectivity index (χ4n) is 3.85. The summed E-state index contributed by atoms with van der Waals surface area (Å²) in [5, 5.41) is 11.6. The van der Waals surface area contributed by atoms with Crippen LogP contribution in [-0.2, 0) is 13.5 Å². The molecule has 2 aromatic carbocycles. The van der Waals surface area contributed by atoms with Gasteiger partial charge in [0.1, 0.15) is 18.2 Å². The van der Waals surface area contributed by atoms with Gasteiger partial charge in [-0.2, -0.15) is 5.26 Å². The maximum Gasteiger partial charge on any atom is 0.212 e. The lowest BCUT2D eigenvalue weighted by Crippen LogP contribution is -2.30. The summed E-state index contributed by atoms with van der Waals surface area (Å²) in [5.41, 5.74) is 6.99. The third kappa shape index (κ3) is 2.88. The van der Waals surface area contributed by atoms with Crippen LogP contribution in [-0.4, -0.2) is 0 Å². The molecular weight excluding hydrogens is 332 g/mol. The topological polar surface area (TPSA) is 40.8 Å². The number of furan rings is 1. The van der Waals surface area contributed by atoms with Gasteiger partial charge < -0.3 is 4.42 Å². The first-order valence-corrected chi connectivity index (χ1v) is 9.33. The van der Waals surface area contributed by atoms with Gasteiger partial charge in [0.05, 0.1) is 11.6 Å². The minimum atomic E-state index is 0.523. The molecule has 0 saturated carbocycles. The normalized spacial score (nSPS) is 11.4. The van der Waals surface area contributed by atoms with Crippen molar-refractivity contribution < 1.29 is 8.98 Å². The molecule has 2 aromatic heterocycles. The molecule has 0 amide bonds. The van der Waals surface area contributed by atoms with E-state index in [0.29, 0.717) is 11.5 Å². The third-order valence-electron chi connectivity index (χ3n) is 5.13. The molecule has 27 heavy (non-hydrogen) atoms. The Kier molecular flexibility index (Phi) is 4.20. The molecule has 0 aliphatic carbocycles. The summed E-state index contributed by atoms with van der Waals surface area (Å²) in [4.78, 5) is 0. The Balaban J connectivity index is 2.07. The van der Waals surface area contributed by atoms with E-state index in [2.05, 4.69) is 49.6 Å². The maximum absolute atomic E-state index is 9.68. The molecule has 3 heteroatoms. The lowest BCUT2D eigenvalue weighted by atomic mass is 9.96. The Hall–Kier alpha value is -3.12. The molecule has 0 unspecified atom stereocenters. The van der Waals surface area contributed by atoms with Crippen molar-refractivity contribution in [3.63, 3.8) is 0 Å². The quantitative estimate of drug-likeness (QED) is 0.458. The molecule has 134 valence electrons. The average Bonchev–Trinajstić information content (AvgIpc) is 3.00. The first-order chi connectivity index (χ1) is 13.0. The van der Waals surface area contributed by atoms with Crippen LogP contribution in [0, 0.1) is 24.2 Å². The van der Waals surface area contributed by atoms with Gasteiger partial charge >= 0.3 is 0 Å². The Morgan fingerprint density at radius 2 is 1.96 bits per heavy atom. The number of aromatic nitrogens is 1. The molecule has 2 heterocycles. The van der Waals surface area contributed by atoms with Crippen molar-refractivity contribution in [1.29, 1.82) is 5.26 Å². The second-order valence-electron chi connectivity index (χ2n) is 7.65. The van der Waals surface area contributed by atoms with Crippen molar-refractivity contribution in [3.8, 4) is 17.3 Å². The van der Waals surface area contributed by atoms with Crippen LogP contribution in [0.2, 0.25) is 0 Å². The molecule has 0 spiro atoms. The van der Waals surface area contributed by atoms with Gasteiger partial charge in [0.15, 0.2) is 6.20 Å². The number of nitriles is 1. The molecule has 0 bridgehead atoms.